The maximum atomic E-state index is 12.9. The molecule has 14 heavy (non-hydrogen) atoms. The van der Waals surface area contributed by atoms with Gasteiger partial charge in [0.2, 0.25) is 0 Å². The van der Waals surface area contributed by atoms with E-state index in [1.165, 1.54) is 12.1 Å². The highest BCUT2D eigenvalue weighted by molar-refractivity contribution is 5.19. The number of benzene rings is 1. The van der Waals surface area contributed by atoms with Gasteiger partial charge in [0.05, 0.1) is 12.2 Å². The van der Waals surface area contributed by atoms with Crippen molar-refractivity contribution in [3.05, 3.63) is 35.6 Å². The smallest absolute Gasteiger partial charge is 0.123 e. The number of ether oxygens (including phenoxy) is 1. The zero-order valence-electron chi connectivity index (χ0n) is 8.53. The molecule has 0 fully saturated rings. The van der Waals surface area contributed by atoms with Gasteiger partial charge < -0.3 is 10.5 Å². The maximum Gasteiger partial charge on any atom is 0.123 e. The van der Waals surface area contributed by atoms with Gasteiger partial charge in [-0.2, -0.15) is 0 Å². The number of hydrogen-bond donors (Lipinski definition) is 1. The van der Waals surface area contributed by atoms with Crippen LogP contribution in [0, 0.1) is 5.82 Å². The third-order valence-electron chi connectivity index (χ3n) is 1.87. The second-order valence-electron chi connectivity index (χ2n) is 3.46. The van der Waals surface area contributed by atoms with Gasteiger partial charge in [0, 0.05) is 6.54 Å². The third-order valence-corrected chi connectivity index (χ3v) is 1.87. The lowest BCUT2D eigenvalue weighted by atomic mass is 10.1. The summed E-state index contributed by atoms with van der Waals surface area (Å²) in [5.41, 5.74) is 6.35. The quantitative estimate of drug-likeness (QED) is 0.803. The van der Waals surface area contributed by atoms with E-state index in [9.17, 15) is 4.39 Å². The van der Waals surface area contributed by atoms with E-state index in [0.29, 0.717) is 6.54 Å². The van der Waals surface area contributed by atoms with Crippen LogP contribution in [0.1, 0.15) is 25.5 Å². The second kappa shape index (κ2) is 5.08. The molecule has 0 aliphatic rings. The van der Waals surface area contributed by atoms with Crippen molar-refractivity contribution in [2.45, 2.75) is 26.1 Å². The van der Waals surface area contributed by atoms with E-state index in [2.05, 4.69) is 0 Å². The minimum atomic E-state index is -0.256. The molecule has 0 saturated heterocycles. The molecule has 78 valence electrons. The highest BCUT2D eigenvalue weighted by Crippen LogP contribution is 2.18. The van der Waals surface area contributed by atoms with E-state index < -0.39 is 0 Å². The molecule has 0 unspecified atom stereocenters. The Hall–Kier alpha value is -0.930. The van der Waals surface area contributed by atoms with Gasteiger partial charge in [-0.25, -0.2) is 4.39 Å². The van der Waals surface area contributed by atoms with Gasteiger partial charge in [0.25, 0.3) is 0 Å². The lowest BCUT2D eigenvalue weighted by Gasteiger charge is -2.19. The predicted molar refractivity (Wildman–Crippen MR) is 54.4 cm³/mol. The van der Waals surface area contributed by atoms with Crippen LogP contribution in [-0.4, -0.2) is 12.6 Å². The summed E-state index contributed by atoms with van der Waals surface area (Å²) in [5, 5.41) is 0. The monoisotopic (exact) mass is 197 g/mol. The highest BCUT2D eigenvalue weighted by Gasteiger charge is 2.11. The highest BCUT2D eigenvalue weighted by atomic mass is 19.1. The molecule has 0 radical (unpaired) electrons. The van der Waals surface area contributed by atoms with Crippen LogP contribution >= 0.6 is 0 Å². The standard InChI is InChI=1S/C11H16FNO/c1-8(2)14-11(7-13)9-4-3-5-10(12)6-9/h3-6,8,11H,7,13H2,1-2H3/t11-/m1/s1. The SMILES string of the molecule is CC(C)O[C@H](CN)c1cccc(F)c1. The van der Waals surface area contributed by atoms with Crippen molar-refractivity contribution in [3.8, 4) is 0 Å². The molecule has 1 atom stereocenters. The average molecular weight is 197 g/mol. The van der Waals surface area contributed by atoms with E-state index in [1.807, 2.05) is 19.9 Å². The van der Waals surface area contributed by atoms with Gasteiger partial charge in [0.15, 0.2) is 0 Å². The van der Waals surface area contributed by atoms with Crippen LogP contribution in [0.25, 0.3) is 0 Å². The van der Waals surface area contributed by atoms with Crippen molar-refractivity contribution < 1.29 is 9.13 Å². The van der Waals surface area contributed by atoms with Crippen LogP contribution in [0.4, 0.5) is 4.39 Å². The summed E-state index contributed by atoms with van der Waals surface area (Å²) in [7, 11) is 0. The summed E-state index contributed by atoms with van der Waals surface area (Å²) in [6, 6.07) is 6.35. The number of halogens is 1. The molecule has 0 aliphatic heterocycles. The van der Waals surface area contributed by atoms with Crippen LogP contribution in [-0.2, 0) is 4.74 Å². The number of rotatable bonds is 4. The molecular weight excluding hydrogens is 181 g/mol. The minimum Gasteiger partial charge on any atom is -0.370 e. The molecule has 0 saturated carbocycles. The van der Waals surface area contributed by atoms with E-state index in [1.54, 1.807) is 6.07 Å². The summed E-state index contributed by atoms with van der Waals surface area (Å²) in [6.07, 6.45) is -0.127. The van der Waals surface area contributed by atoms with Crippen molar-refractivity contribution >= 4 is 0 Å². The van der Waals surface area contributed by atoms with Gasteiger partial charge in [-0.05, 0) is 31.5 Å². The van der Waals surface area contributed by atoms with Crippen LogP contribution in [0.15, 0.2) is 24.3 Å². The predicted octanol–water partition coefficient (Wildman–Crippen LogP) is 2.25. The lowest BCUT2D eigenvalue weighted by molar-refractivity contribution is 0.0118. The molecule has 3 heteroatoms. The molecule has 0 spiro atoms. The Morgan fingerprint density at radius 3 is 2.64 bits per heavy atom. The Balaban J connectivity index is 2.78. The first-order valence-electron chi connectivity index (χ1n) is 4.74. The van der Waals surface area contributed by atoms with Crippen LogP contribution in [0.3, 0.4) is 0 Å². The van der Waals surface area contributed by atoms with E-state index in [-0.39, 0.29) is 18.0 Å². The molecule has 1 rings (SSSR count). The van der Waals surface area contributed by atoms with E-state index >= 15 is 0 Å². The van der Waals surface area contributed by atoms with Gasteiger partial charge in [-0.15, -0.1) is 0 Å². The lowest BCUT2D eigenvalue weighted by Crippen LogP contribution is -2.19. The summed E-state index contributed by atoms with van der Waals surface area (Å²) in [5.74, 6) is -0.256. The third kappa shape index (κ3) is 3.09. The minimum absolute atomic E-state index is 0.0896. The summed E-state index contributed by atoms with van der Waals surface area (Å²) < 4.78 is 18.5. The molecular formula is C11H16FNO. The molecule has 1 aromatic rings. The maximum absolute atomic E-state index is 12.9. The van der Waals surface area contributed by atoms with Crippen molar-refractivity contribution in [1.29, 1.82) is 0 Å². The average Bonchev–Trinajstić information content (AvgIpc) is 2.14. The zero-order chi connectivity index (χ0) is 10.6. The number of hydrogen-bond acceptors (Lipinski definition) is 2. The first kappa shape index (κ1) is 11.1. The summed E-state index contributed by atoms with van der Waals surface area (Å²) in [6.45, 7) is 4.23. The molecule has 0 aliphatic carbocycles. The number of nitrogens with two attached hydrogens (primary N) is 1. The van der Waals surface area contributed by atoms with E-state index in [0.717, 1.165) is 5.56 Å². The fourth-order valence-electron chi connectivity index (χ4n) is 1.31. The Bertz CT molecular complexity index is 288. The Morgan fingerprint density at radius 2 is 2.14 bits per heavy atom. The van der Waals surface area contributed by atoms with Crippen LogP contribution < -0.4 is 5.73 Å². The molecule has 2 N–H and O–H groups in total. The molecule has 0 heterocycles. The summed E-state index contributed by atoms with van der Waals surface area (Å²) in [4.78, 5) is 0. The first-order chi connectivity index (χ1) is 6.63. The fraction of sp³-hybridized carbons (Fsp3) is 0.455. The Labute approximate surface area is 83.9 Å². The zero-order valence-corrected chi connectivity index (χ0v) is 8.53. The normalized spacial score (nSPS) is 13.2. The molecule has 1 aromatic carbocycles. The van der Waals surface area contributed by atoms with Gasteiger partial charge in [0.1, 0.15) is 5.82 Å². The Kier molecular flexibility index (Phi) is 4.04. The molecule has 0 amide bonds. The van der Waals surface area contributed by atoms with Gasteiger partial charge in [-0.3, -0.25) is 0 Å². The largest absolute Gasteiger partial charge is 0.370 e. The molecule has 2 nitrogen and oxygen atoms in total. The van der Waals surface area contributed by atoms with Gasteiger partial charge >= 0.3 is 0 Å². The van der Waals surface area contributed by atoms with Crippen molar-refractivity contribution in [1.82, 2.24) is 0 Å². The Morgan fingerprint density at radius 1 is 1.43 bits per heavy atom. The van der Waals surface area contributed by atoms with Crippen molar-refractivity contribution in [2.24, 2.45) is 5.73 Å². The van der Waals surface area contributed by atoms with Crippen LogP contribution in [0.5, 0.6) is 0 Å². The molecule has 0 aromatic heterocycles. The summed E-state index contributed by atoms with van der Waals surface area (Å²) >= 11 is 0. The van der Waals surface area contributed by atoms with Crippen LogP contribution in [0.2, 0.25) is 0 Å². The topological polar surface area (TPSA) is 35.2 Å². The van der Waals surface area contributed by atoms with E-state index in [4.69, 9.17) is 10.5 Å². The second-order valence-corrected chi connectivity index (χ2v) is 3.46. The van der Waals surface area contributed by atoms with Gasteiger partial charge in [-0.1, -0.05) is 12.1 Å². The van der Waals surface area contributed by atoms with Crippen molar-refractivity contribution in [3.63, 3.8) is 0 Å². The fourth-order valence-corrected chi connectivity index (χ4v) is 1.31. The first-order valence-corrected chi connectivity index (χ1v) is 4.74. The van der Waals surface area contributed by atoms with Crippen molar-refractivity contribution in [2.75, 3.05) is 6.54 Å². The molecule has 0 bridgehead atoms.